The van der Waals surface area contributed by atoms with Crippen LogP contribution in [0.15, 0.2) is 16.0 Å². The van der Waals surface area contributed by atoms with Gasteiger partial charge in [-0.15, -0.1) is 5.10 Å². The first-order valence-corrected chi connectivity index (χ1v) is 8.51. The van der Waals surface area contributed by atoms with Crippen molar-refractivity contribution >= 4 is 17.5 Å². The van der Waals surface area contributed by atoms with Crippen LogP contribution in [-0.4, -0.2) is 30.9 Å². The average molecular weight is 320 g/mol. The number of thioether (sulfide) groups is 1. The molecule has 0 atom stereocenters. The second kappa shape index (κ2) is 5.79. The van der Waals surface area contributed by atoms with Crippen molar-refractivity contribution in [1.82, 2.24) is 19.3 Å². The van der Waals surface area contributed by atoms with Crippen LogP contribution in [-0.2, 0) is 6.54 Å². The lowest BCUT2D eigenvalue weighted by Crippen LogP contribution is -2.16. The summed E-state index contributed by atoms with van der Waals surface area (Å²) in [6.45, 7) is 6.92. The van der Waals surface area contributed by atoms with Crippen LogP contribution in [0.4, 0.5) is 0 Å². The number of carbonyl (C=O) groups excluding carboxylic acids is 1. The first kappa shape index (κ1) is 15.1. The van der Waals surface area contributed by atoms with Gasteiger partial charge in [-0.05, 0) is 39.7 Å². The maximum Gasteiger partial charge on any atom is 0.344 e. The quantitative estimate of drug-likeness (QED) is 0.655. The molecule has 1 fully saturated rings. The molecule has 0 bridgehead atoms. The molecule has 2 aromatic heterocycles. The van der Waals surface area contributed by atoms with Crippen LogP contribution in [0, 0.1) is 13.8 Å². The van der Waals surface area contributed by atoms with Crippen molar-refractivity contribution in [3.8, 4) is 0 Å². The highest BCUT2D eigenvalue weighted by molar-refractivity contribution is 7.99. The van der Waals surface area contributed by atoms with Crippen molar-refractivity contribution in [2.75, 3.05) is 5.75 Å². The monoisotopic (exact) mass is 320 g/mol. The summed E-state index contributed by atoms with van der Waals surface area (Å²) in [5.41, 5.74) is 2.69. The second-order valence-electron chi connectivity index (χ2n) is 5.65. The van der Waals surface area contributed by atoms with Crippen molar-refractivity contribution in [2.24, 2.45) is 0 Å². The van der Waals surface area contributed by atoms with E-state index in [-0.39, 0.29) is 17.5 Å². The number of aromatic amines is 1. The molecule has 22 heavy (non-hydrogen) atoms. The highest BCUT2D eigenvalue weighted by Crippen LogP contribution is 2.36. The van der Waals surface area contributed by atoms with Gasteiger partial charge in [-0.1, -0.05) is 11.8 Å². The van der Waals surface area contributed by atoms with Gasteiger partial charge in [0.25, 0.3) is 0 Å². The Morgan fingerprint density at radius 3 is 2.77 bits per heavy atom. The van der Waals surface area contributed by atoms with E-state index in [0.717, 1.165) is 36.3 Å². The SMILES string of the molecule is CCn1c(C)cc(C(=O)CSc2n[nH]c(=O)n2C2CC2)c1C. The fraction of sp³-hybridized carbons (Fsp3) is 0.533. The molecule has 0 spiro atoms. The largest absolute Gasteiger partial charge is 0.349 e. The Labute approximate surface area is 132 Å². The molecule has 7 heteroatoms. The smallest absolute Gasteiger partial charge is 0.344 e. The summed E-state index contributed by atoms with van der Waals surface area (Å²) in [6.07, 6.45) is 2.02. The minimum absolute atomic E-state index is 0.0793. The molecule has 0 aromatic carbocycles. The Kier molecular flexibility index (Phi) is 3.99. The maximum atomic E-state index is 12.5. The predicted molar refractivity (Wildman–Crippen MR) is 85.8 cm³/mol. The van der Waals surface area contributed by atoms with Crippen LogP contribution in [0.5, 0.6) is 0 Å². The average Bonchev–Trinajstić information content (AvgIpc) is 3.19. The van der Waals surface area contributed by atoms with Crippen molar-refractivity contribution in [2.45, 2.75) is 51.4 Å². The van der Waals surface area contributed by atoms with Gasteiger partial charge in [-0.2, -0.15) is 0 Å². The third-order valence-corrected chi connectivity index (χ3v) is 5.06. The molecule has 1 aliphatic carbocycles. The van der Waals surface area contributed by atoms with Crippen LogP contribution < -0.4 is 5.69 Å². The van der Waals surface area contributed by atoms with Gasteiger partial charge in [-0.25, -0.2) is 9.89 Å². The minimum atomic E-state index is -0.179. The Hall–Kier alpha value is -1.76. The van der Waals surface area contributed by atoms with Gasteiger partial charge in [0.15, 0.2) is 10.9 Å². The molecule has 1 N–H and O–H groups in total. The summed E-state index contributed by atoms with van der Waals surface area (Å²) in [7, 11) is 0. The molecule has 0 radical (unpaired) electrons. The van der Waals surface area contributed by atoms with E-state index < -0.39 is 0 Å². The molecule has 0 saturated heterocycles. The van der Waals surface area contributed by atoms with E-state index in [0.29, 0.717) is 10.9 Å². The zero-order valence-corrected chi connectivity index (χ0v) is 13.9. The first-order valence-electron chi connectivity index (χ1n) is 7.52. The van der Waals surface area contributed by atoms with Gasteiger partial charge in [0.05, 0.1) is 5.75 Å². The molecule has 3 rings (SSSR count). The number of H-pyrrole nitrogens is 1. The molecule has 0 amide bonds. The van der Waals surface area contributed by atoms with Crippen LogP contribution in [0.2, 0.25) is 0 Å². The summed E-state index contributed by atoms with van der Waals surface area (Å²) in [4.78, 5) is 24.2. The maximum absolute atomic E-state index is 12.5. The number of rotatable bonds is 6. The molecule has 2 heterocycles. The topological polar surface area (TPSA) is 72.7 Å². The van der Waals surface area contributed by atoms with E-state index in [9.17, 15) is 9.59 Å². The fourth-order valence-corrected chi connectivity index (χ4v) is 3.72. The normalized spacial score (nSPS) is 14.5. The van der Waals surface area contributed by atoms with Crippen LogP contribution in [0.25, 0.3) is 0 Å². The van der Waals surface area contributed by atoms with Crippen molar-refractivity contribution in [3.05, 3.63) is 33.5 Å². The standard InChI is InChI=1S/C15H20N4O2S/c1-4-18-9(2)7-12(10(18)3)13(20)8-22-15-17-16-14(21)19(15)11-5-6-11/h7,11H,4-6,8H2,1-3H3,(H,16,21). The summed E-state index contributed by atoms with van der Waals surface area (Å²) < 4.78 is 3.81. The molecular formula is C15H20N4O2S. The number of hydrogen-bond donors (Lipinski definition) is 1. The molecule has 0 unspecified atom stereocenters. The lowest BCUT2D eigenvalue weighted by atomic mass is 10.2. The van der Waals surface area contributed by atoms with Gasteiger partial charge in [0.1, 0.15) is 0 Å². The molecular weight excluding hydrogens is 300 g/mol. The summed E-state index contributed by atoms with van der Waals surface area (Å²) in [5, 5.41) is 7.13. The number of ketones is 1. The zero-order valence-electron chi connectivity index (χ0n) is 13.0. The van der Waals surface area contributed by atoms with Crippen LogP contribution in [0.3, 0.4) is 0 Å². The van der Waals surface area contributed by atoms with Gasteiger partial charge in [-0.3, -0.25) is 9.36 Å². The lowest BCUT2D eigenvalue weighted by molar-refractivity contribution is 0.102. The van der Waals surface area contributed by atoms with E-state index in [1.54, 1.807) is 4.57 Å². The van der Waals surface area contributed by atoms with Gasteiger partial charge < -0.3 is 4.57 Å². The highest BCUT2D eigenvalue weighted by atomic mass is 32.2. The molecule has 6 nitrogen and oxygen atoms in total. The Morgan fingerprint density at radius 1 is 1.45 bits per heavy atom. The number of carbonyl (C=O) groups is 1. The molecule has 0 aliphatic heterocycles. The molecule has 2 aromatic rings. The van der Waals surface area contributed by atoms with Gasteiger partial charge in [0.2, 0.25) is 0 Å². The Morgan fingerprint density at radius 2 is 2.18 bits per heavy atom. The summed E-state index contributed by atoms with van der Waals surface area (Å²) in [6, 6.07) is 2.20. The third kappa shape index (κ3) is 2.65. The van der Waals surface area contributed by atoms with E-state index in [1.165, 1.54) is 11.8 Å². The van der Waals surface area contributed by atoms with E-state index in [4.69, 9.17) is 0 Å². The van der Waals surface area contributed by atoms with E-state index >= 15 is 0 Å². The number of nitrogens with zero attached hydrogens (tertiary/aromatic N) is 3. The van der Waals surface area contributed by atoms with Crippen LogP contribution >= 0.6 is 11.8 Å². The lowest BCUT2D eigenvalue weighted by Gasteiger charge is -2.06. The van der Waals surface area contributed by atoms with Gasteiger partial charge in [0, 0.05) is 29.5 Å². The Bertz CT molecular complexity index is 767. The van der Waals surface area contributed by atoms with E-state index in [2.05, 4.69) is 21.7 Å². The Balaban J connectivity index is 1.74. The fourth-order valence-electron chi connectivity index (χ4n) is 2.82. The number of aromatic nitrogens is 4. The number of nitrogens with one attached hydrogen (secondary N) is 1. The third-order valence-electron chi connectivity index (χ3n) is 4.11. The predicted octanol–water partition coefficient (Wildman–Crippen LogP) is 2.32. The minimum Gasteiger partial charge on any atom is -0.349 e. The second-order valence-corrected chi connectivity index (χ2v) is 6.60. The molecule has 118 valence electrons. The number of aryl methyl sites for hydroxylation is 1. The number of Topliss-reactive ketones (excluding diaryl/α,β-unsaturated/α-hetero) is 1. The number of hydrogen-bond acceptors (Lipinski definition) is 4. The molecule has 1 aliphatic rings. The van der Waals surface area contributed by atoms with Crippen molar-refractivity contribution in [3.63, 3.8) is 0 Å². The van der Waals surface area contributed by atoms with Gasteiger partial charge >= 0.3 is 5.69 Å². The zero-order chi connectivity index (χ0) is 15.9. The first-order chi connectivity index (χ1) is 10.5. The summed E-state index contributed by atoms with van der Waals surface area (Å²) >= 11 is 1.33. The van der Waals surface area contributed by atoms with E-state index in [1.807, 2.05) is 19.9 Å². The molecule has 1 saturated carbocycles. The summed E-state index contributed by atoms with van der Waals surface area (Å²) in [5.74, 6) is 0.376. The van der Waals surface area contributed by atoms with Crippen LogP contribution in [0.1, 0.15) is 47.6 Å². The van der Waals surface area contributed by atoms with Crippen molar-refractivity contribution < 1.29 is 4.79 Å². The van der Waals surface area contributed by atoms with Crippen molar-refractivity contribution in [1.29, 1.82) is 0 Å². The highest BCUT2D eigenvalue weighted by Gasteiger charge is 2.29.